The number of fused-ring (bicyclic) bond motifs is 3. The third-order valence-electron chi connectivity index (χ3n) is 4.24. The van der Waals surface area contributed by atoms with Gasteiger partial charge in [0.05, 0.1) is 0 Å². The molecule has 2 aromatic rings. The highest BCUT2D eigenvalue weighted by atomic mass is 15.5. The van der Waals surface area contributed by atoms with Gasteiger partial charge in [0.25, 0.3) is 0 Å². The summed E-state index contributed by atoms with van der Waals surface area (Å²) in [5.74, 6) is 2.01. The number of tetrazole rings is 1. The quantitative estimate of drug-likeness (QED) is 0.741. The van der Waals surface area contributed by atoms with Crippen molar-refractivity contribution in [1.29, 1.82) is 0 Å². The van der Waals surface area contributed by atoms with Crippen LogP contribution in [0.15, 0.2) is 0 Å². The highest BCUT2D eigenvalue weighted by molar-refractivity contribution is 5.60. The van der Waals surface area contributed by atoms with Crippen LogP contribution in [0.5, 0.6) is 0 Å². The summed E-state index contributed by atoms with van der Waals surface area (Å²) < 4.78 is 0. The molecule has 0 unspecified atom stereocenters. The zero-order valence-corrected chi connectivity index (χ0v) is 9.15. The lowest BCUT2D eigenvalue weighted by Gasteiger charge is -2.06. The van der Waals surface area contributed by atoms with Gasteiger partial charge in [-0.1, -0.05) is 13.8 Å². The normalized spacial score (nSPS) is 28.9. The number of aromatic nitrogens is 6. The second-order valence-corrected chi connectivity index (χ2v) is 5.31. The van der Waals surface area contributed by atoms with Crippen molar-refractivity contribution in [2.24, 2.45) is 11.3 Å². The van der Waals surface area contributed by atoms with Gasteiger partial charge in [-0.3, -0.25) is 5.10 Å². The van der Waals surface area contributed by atoms with E-state index in [2.05, 4.69) is 44.7 Å². The van der Waals surface area contributed by atoms with Gasteiger partial charge in [-0.05, 0) is 23.0 Å². The Morgan fingerprint density at radius 3 is 2.94 bits per heavy atom. The van der Waals surface area contributed by atoms with Crippen LogP contribution in [0.2, 0.25) is 0 Å². The summed E-state index contributed by atoms with van der Waals surface area (Å²) in [6.45, 7) is 4.64. The SMILES string of the molecule is CC1(C)[C@@H]2Cc3c(-c4nn[nH]n4)n[nH]c3[C@@H]21. The molecule has 0 aliphatic heterocycles. The molecular weight excluding hydrogens is 204 g/mol. The predicted molar refractivity (Wildman–Crippen MR) is 55.5 cm³/mol. The van der Waals surface area contributed by atoms with E-state index >= 15 is 0 Å². The van der Waals surface area contributed by atoms with Crippen molar-refractivity contribution in [3.05, 3.63) is 11.3 Å². The first-order chi connectivity index (χ1) is 7.69. The van der Waals surface area contributed by atoms with Gasteiger partial charge in [0.2, 0.25) is 5.82 Å². The zero-order valence-electron chi connectivity index (χ0n) is 9.15. The van der Waals surface area contributed by atoms with E-state index in [1.807, 2.05) is 0 Å². The molecule has 2 aliphatic rings. The average molecular weight is 216 g/mol. The molecule has 4 rings (SSSR count). The zero-order chi connectivity index (χ0) is 10.9. The highest BCUT2D eigenvalue weighted by Gasteiger charge is 2.63. The largest absolute Gasteiger partial charge is 0.281 e. The molecule has 2 aromatic heterocycles. The molecule has 1 fully saturated rings. The van der Waals surface area contributed by atoms with E-state index in [9.17, 15) is 0 Å². The Bertz CT molecular complexity index is 552. The number of hydrogen-bond donors (Lipinski definition) is 2. The molecule has 2 N–H and O–H groups in total. The van der Waals surface area contributed by atoms with Crippen LogP contribution in [-0.2, 0) is 6.42 Å². The van der Waals surface area contributed by atoms with Gasteiger partial charge in [-0.25, -0.2) is 0 Å². The highest BCUT2D eigenvalue weighted by Crippen LogP contribution is 2.70. The van der Waals surface area contributed by atoms with Crippen LogP contribution < -0.4 is 0 Å². The maximum atomic E-state index is 4.31. The Hall–Kier alpha value is -1.72. The van der Waals surface area contributed by atoms with Gasteiger partial charge in [-0.2, -0.15) is 10.3 Å². The number of aromatic amines is 2. The molecule has 6 nitrogen and oxygen atoms in total. The molecule has 0 amide bonds. The molecule has 2 atom stereocenters. The summed E-state index contributed by atoms with van der Waals surface area (Å²) >= 11 is 0. The molecule has 2 aliphatic carbocycles. The third-order valence-corrected chi connectivity index (χ3v) is 4.24. The van der Waals surface area contributed by atoms with E-state index in [1.165, 1.54) is 11.3 Å². The Balaban J connectivity index is 1.83. The van der Waals surface area contributed by atoms with Gasteiger partial charge in [0, 0.05) is 17.2 Å². The molecule has 6 heteroatoms. The Labute approximate surface area is 91.8 Å². The van der Waals surface area contributed by atoms with Crippen LogP contribution in [0.25, 0.3) is 11.5 Å². The van der Waals surface area contributed by atoms with E-state index in [-0.39, 0.29) is 0 Å². The van der Waals surface area contributed by atoms with Crippen molar-refractivity contribution in [3.8, 4) is 11.5 Å². The summed E-state index contributed by atoms with van der Waals surface area (Å²) in [5, 5.41) is 21.5. The summed E-state index contributed by atoms with van der Waals surface area (Å²) in [7, 11) is 0. The lowest BCUT2D eigenvalue weighted by Crippen LogP contribution is -2.00. The second kappa shape index (κ2) is 2.34. The first kappa shape index (κ1) is 8.43. The van der Waals surface area contributed by atoms with Gasteiger partial charge < -0.3 is 0 Å². The number of hydrogen-bond acceptors (Lipinski definition) is 4. The summed E-state index contributed by atoms with van der Waals surface area (Å²) in [5.41, 5.74) is 3.88. The van der Waals surface area contributed by atoms with E-state index < -0.39 is 0 Å². The smallest absolute Gasteiger partial charge is 0.225 e. The van der Waals surface area contributed by atoms with Gasteiger partial charge in [0.15, 0.2) is 0 Å². The lowest BCUT2D eigenvalue weighted by atomic mass is 9.98. The Kier molecular flexibility index (Phi) is 1.23. The average Bonchev–Trinajstić information content (AvgIpc) is 2.79. The monoisotopic (exact) mass is 216 g/mol. The maximum Gasteiger partial charge on any atom is 0.225 e. The fourth-order valence-electron chi connectivity index (χ4n) is 3.21. The molecular formula is C10H12N6. The maximum absolute atomic E-state index is 4.31. The van der Waals surface area contributed by atoms with Crippen LogP contribution in [-0.4, -0.2) is 30.8 Å². The van der Waals surface area contributed by atoms with Crippen molar-refractivity contribution < 1.29 is 0 Å². The van der Waals surface area contributed by atoms with E-state index in [1.54, 1.807) is 0 Å². The molecule has 82 valence electrons. The first-order valence-corrected chi connectivity index (χ1v) is 5.50. The predicted octanol–water partition coefficient (Wildman–Crippen LogP) is 0.885. The van der Waals surface area contributed by atoms with Crippen molar-refractivity contribution in [3.63, 3.8) is 0 Å². The minimum Gasteiger partial charge on any atom is -0.281 e. The molecule has 0 radical (unpaired) electrons. The standard InChI is InChI=1S/C10H12N6/c1-10(2)5-3-4-7(6(5)10)11-12-8(4)9-13-15-16-14-9/h5-6H,3H2,1-2H3,(H,11,12)(H,13,14,15,16)/t5-,6-/m1/s1. The van der Waals surface area contributed by atoms with Crippen LogP contribution >= 0.6 is 0 Å². The minimum atomic E-state index is 0.439. The van der Waals surface area contributed by atoms with Crippen LogP contribution in [0.1, 0.15) is 31.0 Å². The Morgan fingerprint density at radius 1 is 1.31 bits per heavy atom. The number of nitrogens with one attached hydrogen (secondary N) is 2. The second-order valence-electron chi connectivity index (χ2n) is 5.31. The van der Waals surface area contributed by atoms with Crippen molar-refractivity contribution in [1.82, 2.24) is 30.8 Å². The van der Waals surface area contributed by atoms with Crippen molar-refractivity contribution >= 4 is 0 Å². The summed E-state index contributed by atoms with van der Waals surface area (Å²) in [6.07, 6.45) is 1.09. The van der Waals surface area contributed by atoms with Crippen LogP contribution in [0, 0.1) is 11.3 Å². The third kappa shape index (κ3) is 0.797. The van der Waals surface area contributed by atoms with Gasteiger partial charge in [0.1, 0.15) is 5.69 Å². The topological polar surface area (TPSA) is 83.1 Å². The summed E-state index contributed by atoms with van der Waals surface area (Å²) in [4.78, 5) is 0. The molecule has 0 spiro atoms. The fraction of sp³-hybridized carbons (Fsp3) is 0.600. The van der Waals surface area contributed by atoms with E-state index in [0.717, 1.165) is 18.0 Å². The van der Waals surface area contributed by atoms with Crippen molar-refractivity contribution in [2.75, 3.05) is 0 Å². The number of nitrogens with zero attached hydrogens (tertiary/aromatic N) is 4. The molecule has 0 aromatic carbocycles. The van der Waals surface area contributed by atoms with Crippen molar-refractivity contribution in [2.45, 2.75) is 26.2 Å². The first-order valence-electron chi connectivity index (χ1n) is 5.50. The fourth-order valence-corrected chi connectivity index (χ4v) is 3.21. The molecule has 0 saturated heterocycles. The van der Waals surface area contributed by atoms with E-state index in [4.69, 9.17) is 0 Å². The van der Waals surface area contributed by atoms with Gasteiger partial charge >= 0.3 is 0 Å². The molecule has 0 bridgehead atoms. The summed E-state index contributed by atoms with van der Waals surface area (Å²) in [6, 6.07) is 0. The van der Waals surface area contributed by atoms with Gasteiger partial charge in [-0.15, -0.1) is 10.2 Å². The molecule has 2 heterocycles. The number of H-pyrrole nitrogens is 2. The molecule has 16 heavy (non-hydrogen) atoms. The number of rotatable bonds is 1. The van der Waals surface area contributed by atoms with Crippen LogP contribution in [0.4, 0.5) is 0 Å². The Morgan fingerprint density at radius 2 is 2.19 bits per heavy atom. The minimum absolute atomic E-state index is 0.439. The van der Waals surface area contributed by atoms with E-state index in [0.29, 0.717) is 17.2 Å². The molecule has 1 saturated carbocycles. The van der Waals surface area contributed by atoms with Crippen LogP contribution in [0.3, 0.4) is 0 Å². The lowest BCUT2D eigenvalue weighted by molar-refractivity contribution is 0.539.